The highest BCUT2D eigenvalue weighted by Gasteiger charge is 2.11. The fourth-order valence-corrected chi connectivity index (χ4v) is 1.86. The topological polar surface area (TPSA) is 46.5 Å². The van der Waals surface area contributed by atoms with Crippen LogP contribution in [0.3, 0.4) is 0 Å². The molecule has 0 bridgehead atoms. The molecule has 0 unspecified atom stereocenters. The van der Waals surface area contributed by atoms with E-state index < -0.39 is 5.97 Å². The van der Waals surface area contributed by atoms with Crippen molar-refractivity contribution < 1.29 is 14.6 Å². The predicted octanol–water partition coefficient (Wildman–Crippen LogP) is 3.73. The Morgan fingerprint density at radius 2 is 2.12 bits per heavy atom. The number of ether oxygens (including phenoxy) is 1. The van der Waals surface area contributed by atoms with Crippen LogP contribution in [-0.2, 0) is 4.79 Å². The molecule has 0 saturated carbocycles. The normalized spacial score (nSPS) is 10.6. The molecule has 0 aromatic heterocycles. The average molecular weight is 301 g/mol. The molecule has 0 aliphatic heterocycles. The van der Waals surface area contributed by atoms with Gasteiger partial charge in [0.25, 0.3) is 0 Å². The molecular weight excluding hydrogens is 284 g/mol. The summed E-state index contributed by atoms with van der Waals surface area (Å²) in [4.78, 5) is 10.4. The third-order valence-electron chi connectivity index (χ3n) is 2.49. The molecule has 1 aromatic rings. The van der Waals surface area contributed by atoms with Crippen molar-refractivity contribution >= 4 is 21.9 Å². The Morgan fingerprint density at radius 1 is 1.47 bits per heavy atom. The van der Waals surface area contributed by atoms with Crippen molar-refractivity contribution in [3.63, 3.8) is 0 Å². The molecule has 0 saturated heterocycles. The molecule has 1 rings (SSSR count). The molecular formula is C13H17BrO3. The number of carbonyl (C=O) groups is 1. The molecule has 0 aliphatic rings. The van der Waals surface area contributed by atoms with Gasteiger partial charge in [-0.05, 0) is 36.1 Å². The highest BCUT2D eigenvalue weighted by atomic mass is 79.9. The lowest BCUT2D eigenvalue weighted by atomic mass is 10.0. The zero-order valence-corrected chi connectivity index (χ0v) is 11.9. The minimum Gasteiger partial charge on any atom is -0.493 e. The Labute approximate surface area is 110 Å². The van der Waals surface area contributed by atoms with Crippen molar-refractivity contribution in [3.8, 4) is 5.75 Å². The number of aliphatic carboxylic acids is 1. The highest BCUT2D eigenvalue weighted by molar-refractivity contribution is 9.10. The molecule has 1 N–H and O–H groups in total. The lowest BCUT2D eigenvalue weighted by Crippen LogP contribution is -2.07. The van der Waals surface area contributed by atoms with Gasteiger partial charge in [-0.25, -0.2) is 0 Å². The summed E-state index contributed by atoms with van der Waals surface area (Å²) in [5.74, 6) is 0.276. The molecule has 0 radical (unpaired) electrons. The zero-order chi connectivity index (χ0) is 13.0. The fraction of sp³-hybridized carbons (Fsp3) is 0.462. The summed E-state index contributed by atoms with van der Waals surface area (Å²) in [6, 6.07) is 3.98. The van der Waals surface area contributed by atoms with Crippen molar-refractivity contribution in [1.82, 2.24) is 0 Å². The van der Waals surface area contributed by atoms with Gasteiger partial charge in [-0.1, -0.05) is 29.8 Å². The molecule has 17 heavy (non-hydrogen) atoms. The van der Waals surface area contributed by atoms with Crippen LogP contribution < -0.4 is 4.74 Å². The fourth-order valence-electron chi connectivity index (χ4n) is 1.49. The van der Waals surface area contributed by atoms with E-state index in [4.69, 9.17) is 9.84 Å². The molecule has 0 fully saturated rings. The summed E-state index contributed by atoms with van der Waals surface area (Å²) >= 11 is 3.49. The van der Waals surface area contributed by atoms with Crippen LogP contribution in [0.2, 0.25) is 0 Å². The van der Waals surface area contributed by atoms with Gasteiger partial charge in [-0.15, -0.1) is 0 Å². The van der Waals surface area contributed by atoms with E-state index in [-0.39, 0.29) is 13.0 Å². The van der Waals surface area contributed by atoms with E-state index in [0.29, 0.717) is 5.92 Å². The van der Waals surface area contributed by atoms with Crippen LogP contribution in [0.25, 0.3) is 0 Å². The van der Waals surface area contributed by atoms with Crippen LogP contribution in [0.15, 0.2) is 16.6 Å². The van der Waals surface area contributed by atoms with Crippen molar-refractivity contribution in [2.24, 2.45) is 0 Å². The van der Waals surface area contributed by atoms with Gasteiger partial charge in [0.1, 0.15) is 5.75 Å². The number of halogens is 1. The van der Waals surface area contributed by atoms with Gasteiger partial charge in [0.05, 0.1) is 13.0 Å². The lowest BCUT2D eigenvalue weighted by molar-refractivity contribution is -0.137. The summed E-state index contributed by atoms with van der Waals surface area (Å²) in [6.07, 6.45) is 0.0205. The number of carboxylic acids is 1. The third-order valence-corrected chi connectivity index (χ3v) is 3.34. The van der Waals surface area contributed by atoms with Crippen LogP contribution in [0.1, 0.15) is 37.3 Å². The van der Waals surface area contributed by atoms with Crippen LogP contribution >= 0.6 is 15.9 Å². The van der Waals surface area contributed by atoms with Crippen molar-refractivity contribution in [2.45, 2.75) is 33.1 Å². The van der Waals surface area contributed by atoms with Gasteiger partial charge in [0.2, 0.25) is 0 Å². The molecule has 1 aromatic carbocycles. The van der Waals surface area contributed by atoms with Crippen LogP contribution in [0, 0.1) is 6.92 Å². The van der Waals surface area contributed by atoms with E-state index in [0.717, 1.165) is 21.3 Å². The maximum Gasteiger partial charge on any atom is 0.306 e. The third kappa shape index (κ3) is 4.04. The maximum atomic E-state index is 10.4. The largest absolute Gasteiger partial charge is 0.493 e. The summed E-state index contributed by atoms with van der Waals surface area (Å²) < 4.78 is 6.59. The number of aryl methyl sites for hydroxylation is 1. The van der Waals surface area contributed by atoms with Crippen LogP contribution in [0.5, 0.6) is 5.75 Å². The van der Waals surface area contributed by atoms with Gasteiger partial charge >= 0.3 is 5.97 Å². The van der Waals surface area contributed by atoms with Gasteiger partial charge in [0, 0.05) is 4.47 Å². The van der Waals surface area contributed by atoms with Gasteiger partial charge < -0.3 is 9.84 Å². The van der Waals surface area contributed by atoms with E-state index in [1.807, 2.05) is 19.1 Å². The van der Waals surface area contributed by atoms with Crippen molar-refractivity contribution in [2.75, 3.05) is 6.61 Å². The first-order valence-corrected chi connectivity index (χ1v) is 6.35. The minimum atomic E-state index is -0.843. The molecule has 4 heteroatoms. The first-order valence-electron chi connectivity index (χ1n) is 5.56. The second-order valence-electron chi connectivity index (χ2n) is 4.29. The molecule has 94 valence electrons. The minimum absolute atomic E-state index is 0.0205. The van der Waals surface area contributed by atoms with Crippen molar-refractivity contribution in [1.29, 1.82) is 0 Å². The molecule has 3 nitrogen and oxygen atoms in total. The van der Waals surface area contributed by atoms with Crippen LogP contribution in [-0.4, -0.2) is 17.7 Å². The first-order chi connectivity index (χ1) is 7.91. The standard InChI is InChI=1S/C13H17BrO3/c1-8(2)10-7-11(14)9(3)6-12(10)17-5-4-13(15)16/h6-8H,4-5H2,1-3H3,(H,15,16). The maximum absolute atomic E-state index is 10.4. The summed E-state index contributed by atoms with van der Waals surface area (Å²) in [5, 5.41) is 8.58. The monoisotopic (exact) mass is 300 g/mol. The highest BCUT2D eigenvalue weighted by Crippen LogP contribution is 2.32. The Balaban J connectivity index is 2.88. The molecule has 0 atom stereocenters. The molecule has 0 spiro atoms. The van der Waals surface area contributed by atoms with Crippen LogP contribution in [0.4, 0.5) is 0 Å². The van der Waals surface area contributed by atoms with E-state index >= 15 is 0 Å². The second-order valence-corrected chi connectivity index (χ2v) is 5.14. The second kappa shape index (κ2) is 6.05. The van der Waals surface area contributed by atoms with Gasteiger partial charge in [-0.2, -0.15) is 0 Å². The smallest absolute Gasteiger partial charge is 0.306 e. The van der Waals surface area contributed by atoms with E-state index in [1.54, 1.807) is 0 Å². The number of carboxylic acid groups (broad SMARTS) is 1. The summed E-state index contributed by atoms with van der Waals surface area (Å²) in [7, 11) is 0. The Hall–Kier alpha value is -1.03. The Kier molecular flexibility index (Phi) is 5.00. The zero-order valence-electron chi connectivity index (χ0n) is 10.3. The van der Waals surface area contributed by atoms with E-state index in [1.165, 1.54) is 0 Å². The Morgan fingerprint density at radius 3 is 2.65 bits per heavy atom. The molecule has 0 heterocycles. The molecule has 0 aliphatic carbocycles. The predicted molar refractivity (Wildman–Crippen MR) is 70.7 cm³/mol. The number of hydrogen-bond donors (Lipinski definition) is 1. The number of rotatable bonds is 5. The van der Waals surface area contributed by atoms with Crippen molar-refractivity contribution in [3.05, 3.63) is 27.7 Å². The SMILES string of the molecule is Cc1cc(OCCC(=O)O)c(C(C)C)cc1Br. The number of benzene rings is 1. The van der Waals surface area contributed by atoms with Gasteiger partial charge in [0.15, 0.2) is 0 Å². The quantitative estimate of drug-likeness (QED) is 0.901. The summed E-state index contributed by atoms with van der Waals surface area (Å²) in [5.41, 5.74) is 2.17. The van der Waals surface area contributed by atoms with Gasteiger partial charge in [-0.3, -0.25) is 4.79 Å². The first kappa shape index (κ1) is 14.0. The van der Waals surface area contributed by atoms with E-state index in [9.17, 15) is 4.79 Å². The number of hydrogen-bond acceptors (Lipinski definition) is 2. The Bertz CT molecular complexity index is 413. The van der Waals surface area contributed by atoms with E-state index in [2.05, 4.69) is 29.8 Å². The lowest BCUT2D eigenvalue weighted by Gasteiger charge is -2.15. The summed E-state index contributed by atoms with van der Waals surface area (Å²) in [6.45, 7) is 6.36. The average Bonchev–Trinajstić information content (AvgIpc) is 2.22. The molecule has 0 amide bonds.